The number of nitrogens with one attached hydrogen (secondary N) is 1. The molecule has 1 aromatic rings. The van der Waals surface area contributed by atoms with Gasteiger partial charge in [-0.1, -0.05) is 20.8 Å². The highest BCUT2D eigenvalue weighted by Gasteiger charge is 2.25. The van der Waals surface area contributed by atoms with E-state index in [4.69, 9.17) is 5.11 Å². The lowest BCUT2D eigenvalue weighted by atomic mass is 9.81. The first kappa shape index (κ1) is 14.6. The van der Waals surface area contributed by atoms with Crippen LogP contribution in [-0.2, 0) is 0 Å². The predicted octanol–water partition coefficient (Wildman–Crippen LogP) is 4.01. The van der Waals surface area contributed by atoms with Crippen LogP contribution in [0.15, 0.2) is 24.3 Å². The van der Waals surface area contributed by atoms with Crippen molar-refractivity contribution in [2.45, 2.75) is 46.6 Å². The van der Waals surface area contributed by atoms with E-state index in [1.54, 1.807) is 12.1 Å². The average Bonchev–Trinajstić information content (AvgIpc) is 2.13. The van der Waals surface area contributed by atoms with Gasteiger partial charge in [0.05, 0.1) is 5.56 Å². The minimum absolute atomic E-state index is 0.0248. The maximum absolute atomic E-state index is 10.8. The molecule has 0 heterocycles. The van der Waals surface area contributed by atoms with Crippen molar-refractivity contribution >= 4 is 11.7 Å². The Morgan fingerprint density at radius 1 is 1.11 bits per heavy atom. The molecular formula is C15H23NO2. The van der Waals surface area contributed by atoms with Gasteiger partial charge in [0, 0.05) is 11.2 Å². The number of anilines is 1. The van der Waals surface area contributed by atoms with Gasteiger partial charge in [-0.3, -0.25) is 0 Å². The predicted molar refractivity (Wildman–Crippen MR) is 75.2 cm³/mol. The molecule has 0 radical (unpaired) electrons. The van der Waals surface area contributed by atoms with Crippen LogP contribution in [0.3, 0.4) is 0 Å². The zero-order chi connectivity index (χ0) is 14.0. The summed E-state index contributed by atoms with van der Waals surface area (Å²) in [4.78, 5) is 10.8. The summed E-state index contributed by atoms with van der Waals surface area (Å²) in [5.74, 6) is -0.893. The molecule has 0 aliphatic carbocycles. The minimum atomic E-state index is -0.893. The molecule has 2 N–H and O–H groups in total. The first-order chi connectivity index (χ1) is 8.09. The summed E-state index contributed by atoms with van der Waals surface area (Å²) >= 11 is 0. The molecule has 0 saturated heterocycles. The van der Waals surface area contributed by atoms with Crippen molar-refractivity contribution in [3.8, 4) is 0 Å². The molecule has 100 valence electrons. The smallest absolute Gasteiger partial charge is 0.335 e. The number of benzene rings is 1. The molecule has 18 heavy (non-hydrogen) atoms. The van der Waals surface area contributed by atoms with Gasteiger partial charge in [0.15, 0.2) is 0 Å². The molecule has 0 aliphatic rings. The number of carboxylic acid groups (broad SMARTS) is 1. The second kappa shape index (κ2) is 5.01. The van der Waals surface area contributed by atoms with Crippen molar-refractivity contribution in [3.05, 3.63) is 29.8 Å². The van der Waals surface area contributed by atoms with Gasteiger partial charge in [0.2, 0.25) is 0 Å². The first-order valence-electron chi connectivity index (χ1n) is 6.21. The molecule has 0 amide bonds. The van der Waals surface area contributed by atoms with Gasteiger partial charge >= 0.3 is 5.97 Å². The molecule has 0 aliphatic heterocycles. The van der Waals surface area contributed by atoms with Crippen molar-refractivity contribution in [2.75, 3.05) is 5.32 Å². The number of carboxylic acids is 1. The van der Waals surface area contributed by atoms with E-state index in [2.05, 4.69) is 39.9 Å². The topological polar surface area (TPSA) is 49.3 Å². The fraction of sp³-hybridized carbons (Fsp3) is 0.533. The van der Waals surface area contributed by atoms with Gasteiger partial charge < -0.3 is 10.4 Å². The van der Waals surface area contributed by atoms with Crippen LogP contribution in [0.5, 0.6) is 0 Å². The quantitative estimate of drug-likeness (QED) is 0.847. The van der Waals surface area contributed by atoms with E-state index in [1.165, 1.54) is 0 Å². The summed E-state index contributed by atoms with van der Waals surface area (Å²) in [7, 11) is 0. The minimum Gasteiger partial charge on any atom is -0.478 e. The van der Waals surface area contributed by atoms with Gasteiger partial charge in [-0.25, -0.2) is 4.79 Å². The van der Waals surface area contributed by atoms with Gasteiger partial charge in [0.1, 0.15) is 0 Å². The number of rotatable bonds is 4. The van der Waals surface area contributed by atoms with E-state index in [0.717, 1.165) is 12.1 Å². The van der Waals surface area contributed by atoms with Crippen LogP contribution in [0.25, 0.3) is 0 Å². The number of hydrogen-bond acceptors (Lipinski definition) is 2. The Balaban J connectivity index is 2.75. The third kappa shape index (κ3) is 4.78. The van der Waals surface area contributed by atoms with Crippen LogP contribution in [0.1, 0.15) is 51.4 Å². The fourth-order valence-corrected chi connectivity index (χ4v) is 2.46. The van der Waals surface area contributed by atoms with Gasteiger partial charge in [-0.05, 0) is 49.9 Å². The van der Waals surface area contributed by atoms with Crippen LogP contribution in [0.4, 0.5) is 5.69 Å². The fourth-order valence-electron chi connectivity index (χ4n) is 2.46. The molecule has 0 atom stereocenters. The van der Waals surface area contributed by atoms with Crippen LogP contribution < -0.4 is 5.32 Å². The number of carbonyl (C=O) groups is 1. The highest BCUT2D eigenvalue weighted by Crippen LogP contribution is 2.29. The molecule has 3 nitrogen and oxygen atoms in total. The molecule has 0 saturated carbocycles. The average molecular weight is 249 g/mol. The normalized spacial score (nSPS) is 12.3. The monoisotopic (exact) mass is 249 g/mol. The molecule has 0 aromatic heterocycles. The van der Waals surface area contributed by atoms with Crippen LogP contribution >= 0.6 is 0 Å². The van der Waals surface area contributed by atoms with E-state index < -0.39 is 5.97 Å². The van der Waals surface area contributed by atoms with E-state index in [0.29, 0.717) is 5.56 Å². The summed E-state index contributed by atoms with van der Waals surface area (Å²) in [6.45, 7) is 10.9. The lowest BCUT2D eigenvalue weighted by Crippen LogP contribution is -2.35. The molecule has 3 heteroatoms. The molecule has 0 bridgehead atoms. The lowest BCUT2D eigenvalue weighted by Gasteiger charge is -2.34. The summed E-state index contributed by atoms with van der Waals surface area (Å²) in [5.41, 5.74) is 1.49. The van der Waals surface area contributed by atoms with Gasteiger partial charge in [-0.15, -0.1) is 0 Å². The summed E-state index contributed by atoms with van der Waals surface area (Å²) in [5, 5.41) is 12.3. The highest BCUT2D eigenvalue weighted by molar-refractivity contribution is 5.88. The lowest BCUT2D eigenvalue weighted by molar-refractivity contribution is 0.0697. The maximum Gasteiger partial charge on any atom is 0.335 e. The molecule has 1 aromatic carbocycles. The SMILES string of the molecule is CC(C)(C)CC(C)(C)Nc1ccc(C(=O)O)cc1. The summed E-state index contributed by atoms with van der Waals surface area (Å²) < 4.78 is 0. The Morgan fingerprint density at radius 2 is 1.61 bits per heavy atom. The van der Waals surface area contributed by atoms with Crippen LogP contribution in [0.2, 0.25) is 0 Å². The molecule has 0 spiro atoms. The van der Waals surface area contributed by atoms with E-state index >= 15 is 0 Å². The zero-order valence-electron chi connectivity index (χ0n) is 11.9. The Morgan fingerprint density at radius 3 is 2.00 bits per heavy atom. The molecule has 0 fully saturated rings. The first-order valence-corrected chi connectivity index (χ1v) is 6.21. The van der Waals surface area contributed by atoms with Gasteiger partial charge in [-0.2, -0.15) is 0 Å². The summed E-state index contributed by atoms with van der Waals surface area (Å²) in [6, 6.07) is 6.87. The van der Waals surface area contributed by atoms with E-state index in [-0.39, 0.29) is 11.0 Å². The Bertz CT molecular complexity index is 413. The van der Waals surface area contributed by atoms with Crippen molar-refractivity contribution < 1.29 is 9.90 Å². The van der Waals surface area contributed by atoms with Crippen molar-refractivity contribution in [3.63, 3.8) is 0 Å². The van der Waals surface area contributed by atoms with E-state index in [9.17, 15) is 4.79 Å². The van der Waals surface area contributed by atoms with Crippen molar-refractivity contribution in [2.24, 2.45) is 5.41 Å². The van der Waals surface area contributed by atoms with Crippen molar-refractivity contribution in [1.82, 2.24) is 0 Å². The molecular weight excluding hydrogens is 226 g/mol. The van der Waals surface area contributed by atoms with Gasteiger partial charge in [0.25, 0.3) is 0 Å². The largest absolute Gasteiger partial charge is 0.478 e. The van der Waals surface area contributed by atoms with E-state index in [1.807, 2.05) is 12.1 Å². The highest BCUT2D eigenvalue weighted by atomic mass is 16.4. The second-order valence-corrected chi connectivity index (χ2v) is 6.63. The third-order valence-corrected chi connectivity index (χ3v) is 2.59. The second-order valence-electron chi connectivity index (χ2n) is 6.63. The van der Waals surface area contributed by atoms with Crippen LogP contribution in [-0.4, -0.2) is 16.6 Å². The Kier molecular flexibility index (Phi) is 4.05. The maximum atomic E-state index is 10.8. The Hall–Kier alpha value is -1.51. The Labute approximate surface area is 109 Å². The molecule has 0 unspecified atom stereocenters. The zero-order valence-corrected chi connectivity index (χ0v) is 11.9. The number of aromatic carboxylic acids is 1. The molecule has 1 rings (SSSR count). The van der Waals surface area contributed by atoms with Crippen molar-refractivity contribution in [1.29, 1.82) is 0 Å². The standard InChI is InChI=1S/C15H23NO2/c1-14(2,3)10-15(4,5)16-12-8-6-11(7-9-12)13(17)18/h6-9,16H,10H2,1-5H3,(H,17,18). The third-order valence-electron chi connectivity index (χ3n) is 2.59. The van der Waals surface area contributed by atoms with Crippen LogP contribution in [0, 0.1) is 5.41 Å². The summed E-state index contributed by atoms with van der Waals surface area (Å²) in [6.07, 6.45) is 1.03. The number of hydrogen-bond donors (Lipinski definition) is 2.